The Bertz CT molecular complexity index is 650. The smallest absolute Gasteiger partial charge is 0.267 e. The highest BCUT2D eigenvalue weighted by molar-refractivity contribution is 5.78. The third-order valence-corrected chi connectivity index (χ3v) is 4.76. The fourth-order valence-corrected chi connectivity index (χ4v) is 3.24. The van der Waals surface area contributed by atoms with Crippen molar-refractivity contribution in [2.75, 3.05) is 37.6 Å². The first-order valence-corrected chi connectivity index (χ1v) is 8.47. The lowest BCUT2D eigenvalue weighted by molar-refractivity contribution is -0.130. The van der Waals surface area contributed by atoms with Gasteiger partial charge in [-0.25, -0.2) is 13.8 Å². The average Bonchev–Trinajstić information content (AvgIpc) is 3.00. The van der Waals surface area contributed by atoms with Gasteiger partial charge in [-0.05, 0) is 25.0 Å². The first-order chi connectivity index (χ1) is 12.0. The van der Waals surface area contributed by atoms with Crippen molar-refractivity contribution in [3.63, 3.8) is 0 Å². The summed E-state index contributed by atoms with van der Waals surface area (Å²) in [6, 6.07) is 5.83. The van der Waals surface area contributed by atoms with Gasteiger partial charge in [0.1, 0.15) is 11.9 Å². The molecule has 2 saturated heterocycles. The number of piperidine rings is 1. The Labute approximate surface area is 145 Å². The number of anilines is 1. The standard InChI is InChI=1S/C17H21F2N5O/c18-17(19)5-8-24(12-17)16(25)11-21-14-3-6-23(7-4-14)15-2-1-13(9-20)10-22-15/h1-2,10,14,21H,3-8,11-12H2. The Kier molecular flexibility index (Phi) is 5.13. The zero-order valence-electron chi connectivity index (χ0n) is 13.9. The van der Waals surface area contributed by atoms with Crippen molar-refractivity contribution in [2.24, 2.45) is 0 Å². The molecule has 134 valence electrons. The van der Waals surface area contributed by atoms with E-state index in [4.69, 9.17) is 5.26 Å². The second-order valence-corrected chi connectivity index (χ2v) is 6.58. The molecule has 3 rings (SSSR count). The van der Waals surface area contributed by atoms with Gasteiger partial charge < -0.3 is 15.1 Å². The van der Waals surface area contributed by atoms with Crippen LogP contribution >= 0.6 is 0 Å². The molecule has 0 saturated carbocycles. The van der Waals surface area contributed by atoms with E-state index < -0.39 is 12.5 Å². The van der Waals surface area contributed by atoms with E-state index in [1.807, 2.05) is 12.1 Å². The number of likely N-dealkylation sites (tertiary alicyclic amines) is 1. The number of pyridine rings is 1. The lowest BCUT2D eigenvalue weighted by atomic mass is 10.0. The van der Waals surface area contributed by atoms with Crippen LogP contribution in [0.25, 0.3) is 0 Å². The Hall–Kier alpha value is -2.27. The second-order valence-electron chi connectivity index (χ2n) is 6.58. The maximum atomic E-state index is 13.2. The molecule has 1 aromatic heterocycles. The van der Waals surface area contributed by atoms with E-state index in [1.54, 1.807) is 12.3 Å². The zero-order chi connectivity index (χ0) is 17.9. The maximum Gasteiger partial charge on any atom is 0.267 e. The predicted molar refractivity (Wildman–Crippen MR) is 88.3 cm³/mol. The number of aromatic nitrogens is 1. The van der Waals surface area contributed by atoms with Crippen molar-refractivity contribution in [3.8, 4) is 6.07 Å². The fourth-order valence-electron chi connectivity index (χ4n) is 3.24. The van der Waals surface area contributed by atoms with Gasteiger partial charge in [-0.15, -0.1) is 0 Å². The highest BCUT2D eigenvalue weighted by atomic mass is 19.3. The molecule has 0 radical (unpaired) electrons. The van der Waals surface area contributed by atoms with Crippen LogP contribution in [0.2, 0.25) is 0 Å². The van der Waals surface area contributed by atoms with Gasteiger partial charge in [0.25, 0.3) is 5.92 Å². The van der Waals surface area contributed by atoms with E-state index in [0.717, 1.165) is 31.7 Å². The summed E-state index contributed by atoms with van der Waals surface area (Å²) in [6.07, 6.45) is 3.02. The van der Waals surface area contributed by atoms with Gasteiger partial charge in [0.05, 0.1) is 18.7 Å². The lowest BCUT2D eigenvalue weighted by Gasteiger charge is -2.33. The van der Waals surface area contributed by atoms with E-state index in [2.05, 4.69) is 15.2 Å². The highest BCUT2D eigenvalue weighted by Crippen LogP contribution is 2.26. The van der Waals surface area contributed by atoms with Gasteiger partial charge in [-0.3, -0.25) is 4.79 Å². The fraction of sp³-hybridized carbons (Fsp3) is 0.588. The molecule has 2 aliphatic heterocycles. The van der Waals surface area contributed by atoms with Crippen LogP contribution in [-0.2, 0) is 4.79 Å². The van der Waals surface area contributed by atoms with Crippen molar-refractivity contribution in [3.05, 3.63) is 23.9 Å². The van der Waals surface area contributed by atoms with Crippen molar-refractivity contribution in [1.82, 2.24) is 15.2 Å². The van der Waals surface area contributed by atoms with Gasteiger partial charge in [0.15, 0.2) is 0 Å². The second kappa shape index (κ2) is 7.31. The van der Waals surface area contributed by atoms with E-state index in [1.165, 1.54) is 4.90 Å². The summed E-state index contributed by atoms with van der Waals surface area (Å²) >= 11 is 0. The van der Waals surface area contributed by atoms with Gasteiger partial charge >= 0.3 is 0 Å². The number of nitrogens with zero attached hydrogens (tertiary/aromatic N) is 4. The number of carbonyl (C=O) groups is 1. The SMILES string of the molecule is N#Cc1ccc(N2CCC(NCC(=O)N3CCC(F)(F)C3)CC2)nc1. The van der Waals surface area contributed by atoms with Crippen LogP contribution in [0.5, 0.6) is 0 Å². The van der Waals surface area contributed by atoms with E-state index >= 15 is 0 Å². The molecule has 0 aromatic carbocycles. The number of halogens is 2. The minimum Gasteiger partial charge on any atom is -0.357 e. The summed E-state index contributed by atoms with van der Waals surface area (Å²) in [6.45, 7) is 1.38. The maximum absolute atomic E-state index is 13.2. The number of nitrogens with one attached hydrogen (secondary N) is 1. The van der Waals surface area contributed by atoms with Gasteiger partial charge in [-0.1, -0.05) is 0 Å². The molecule has 1 aromatic rings. The molecular weight excluding hydrogens is 328 g/mol. The number of carbonyl (C=O) groups excluding carboxylic acids is 1. The summed E-state index contributed by atoms with van der Waals surface area (Å²) in [4.78, 5) is 19.7. The molecule has 2 fully saturated rings. The molecule has 3 heterocycles. The number of rotatable bonds is 4. The van der Waals surface area contributed by atoms with E-state index in [0.29, 0.717) is 5.56 Å². The molecule has 0 bridgehead atoms. The normalized spacial score (nSPS) is 20.5. The molecule has 1 amide bonds. The van der Waals surface area contributed by atoms with Gasteiger partial charge in [0, 0.05) is 38.3 Å². The molecular formula is C17H21F2N5O. The molecule has 8 heteroatoms. The van der Waals surface area contributed by atoms with Crippen LogP contribution in [0, 0.1) is 11.3 Å². The van der Waals surface area contributed by atoms with Crippen LogP contribution in [0.4, 0.5) is 14.6 Å². The summed E-state index contributed by atoms with van der Waals surface area (Å²) in [7, 11) is 0. The van der Waals surface area contributed by atoms with Gasteiger partial charge in [-0.2, -0.15) is 5.26 Å². The Morgan fingerprint density at radius 1 is 1.36 bits per heavy atom. The quantitative estimate of drug-likeness (QED) is 0.889. The number of alkyl halides is 2. The molecule has 0 aliphatic carbocycles. The van der Waals surface area contributed by atoms with Crippen LogP contribution < -0.4 is 10.2 Å². The molecule has 0 unspecified atom stereocenters. The third-order valence-electron chi connectivity index (χ3n) is 4.76. The number of amides is 1. The molecule has 0 atom stereocenters. The molecule has 2 aliphatic rings. The van der Waals surface area contributed by atoms with Crippen molar-refractivity contribution in [1.29, 1.82) is 5.26 Å². The number of hydrogen-bond acceptors (Lipinski definition) is 5. The van der Waals surface area contributed by atoms with Crippen molar-refractivity contribution in [2.45, 2.75) is 31.2 Å². The zero-order valence-corrected chi connectivity index (χ0v) is 13.9. The van der Waals surface area contributed by atoms with E-state index in [9.17, 15) is 13.6 Å². The largest absolute Gasteiger partial charge is 0.357 e. The van der Waals surface area contributed by atoms with E-state index in [-0.39, 0.29) is 31.5 Å². The first kappa shape index (κ1) is 17.5. The highest BCUT2D eigenvalue weighted by Gasteiger charge is 2.40. The molecule has 25 heavy (non-hydrogen) atoms. The summed E-state index contributed by atoms with van der Waals surface area (Å²) < 4.78 is 26.3. The predicted octanol–water partition coefficient (Wildman–Crippen LogP) is 1.38. The minimum absolute atomic E-state index is 0.107. The van der Waals surface area contributed by atoms with Crippen LogP contribution in [0.1, 0.15) is 24.8 Å². The average molecular weight is 349 g/mol. The molecule has 1 N–H and O–H groups in total. The summed E-state index contributed by atoms with van der Waals surface area (Å²) in [5.41, 5.74) is 0.534. The first-order valence-electron chi connectivity index (χ1n) is 8.47. The monoisotopic (exact) mass is 349 g/mol. The third kappa shape index (κ3) is 4.42. The Morgan fingerprint density at radius 3 is 2.68 bits per heavy atom. The molecule has 6 nitrogen and oxygen atoms in total. The molecule has 0 spiro atoms. The number of hydrogen-bond donors (Lipinski definition) is 1. The Morgan fingerprint density at radius 2 is 2.12 bits per heavy atom. The van der Waals surface area contributed by atoms with Crippen molar-refractivity contribution >= 4 is 11.7 Å². The lowest BCUT2D eigenvalue weighted by Crippen LogP contribution is -2.46. The van der Waals surface area contributed by atoms with Crippen LogP contribution in [0.15, 0.2) is 18.3 Å². The van der Waals surface area contributed by atoms with Crippen molar-refractivity contribution < 1.29 is 13.6 Å². The Balaban J connectivity index is 1.42. The topological polar surface area (TPSA) is 72.3 Å². The summed E-state index contributed by atoms with van der Waals surface area (Å²) in [5.74, 6) is -2.16. The number of nitriles is 1. The van der Waals surface area contributed by atoms with Crippen LogP contribution in [0.3, 0.4) is 0 Å². The summed E-state index contributed by atoms with van der Waals surface area (Å²) in [5, 5.41) is 12.0. The van der Waals surface area contributed by atoms with Gasteiger partial charge in [0.2, 0.25) is 5.91 Å². The van der Waals surface area contributed by atoms with Crippen LogP contribution in [-0.4, -0.2) is 60.5 Å². The minimum atomic E-state index is -2.74.